The number of rotatable bonds is 5. The number of thioether (sulfide) groups is 1. The van der Waals surface area contributed by atoms with Crippen LogP contribution in [0.2, 0.25) is 0 Å². The van der Waals surface area contributed by atoms with E-state index in [9.17, 15) is 0 Å². The zero-order chi connectivity index (χ0) is 13.9. The summed E-state index contributed by atoms with van der Waals surface area (Å²) in [7, 11) is 0. The molecule has 0 bridgehead atoms. The molecule has 20 heavy (non-hydrogen) atoms. The topological polar surface area (TPSA) is 39.4 Å². The molecule has 2 heterocycles. The van der Waals surface area contributed by atoms with Crippen molar-refractivity contribution in [3.8, 4) is 17.0 Å². The minimum absolute atomic E-state index is 0.648. The van der Waals surface area contributed by atoms with Gasteiger partial charge in [-0.1, -0.05) is 42.2 Å². The maximum absolute atomic E-state index is 5.66. The Kier molecular flexibility index (Phi) is 3.93. The smallest absolute Gasteiger partial charge is 0.213 e. The third-order valence-corrected chi connectivity index (χ3v) is 4.69. The fourth-order valence-electron chi connectivity index (χ4n) is 1.95. The van der Waals surface area contributed by atoms with Crippen molar-refractivity contribution >= 4 is 28.1 Å². The van der Waals surface area contributed by atoms with Crippen LogP contribution in [0.3, 0.4) is 0 Å². The predicted octanol–water partition coefficient (Wildman–Crippen LogP) is 3.97. The molecule has 0 N–H and O–H groups in total. The molecule has 0 amide bonds. The van der Waals surface area contributed by atoms with E-state index in [1.807, 2.05) is 41.9 Å². The number of ether oxygens (including phenoxy) is 1. The summed E-state index contributed by atoms with van der Waals surface area (Å²) in [4.78, 5) is 5.57. The van der Waals surface area contributed by atoms with Gasteiger partial charge >= 0.3 is 0 Å². The molecule has 0 aliphatic carbocycles. The molecule has 104 valence electrons. The SMILES string of the molecule is CCOc1ccccc1-c1cn2nc(SCC)sc2n1. The van der Waals surface area contributed by atoms with Crippen molar-refractivity contribution in [2.45, 2.75) is 18.2 Å². The molecule has 1 aromatic carbocycles. The number of aromatic nitrogens is 3. The van der Waals surface area contributed by atoms with Crippen LogP contribution in [0.1, 0.15) is 13.8 Å². The lowest BCUT2D eigenvalue weighted by atomic mass is 10.1. The van der Waals surface area contributed by atoms with Crippen molar-refractivity contribution in [3.05, 3.63) is 30.5 Å². The van der Waals surface area contributed by atoms with Crippen LogP contribution < -0.4 is 4.74 Å². The molecule has 2 aromatic heterocycles. The minimum Gasteiger partial charge on any atom is -0.493 e. The first-order valence-corrected chi connectivity index (χ1v) is 8.33. The monoisotopic (exact) mass is 305 g/mol. The van der Waals surface area contributed by atoms with Gasteiger partial charge < -0.3 is 4.74 Å². The van der Waals surface area contributed by atoms with Gasteiger partial charge in [-0.25, -0.2) is 9.50 Å². The first-order chi connectivity index (χ1) is 9.81. The van der Waals surface area contributed by atoms with E-state index in [2.05, 4.69) is 17.0 Å². The third-order valence-electron chi connectivity index (χ3n) is 2.76. The van der Waals surface area contributed by atoms with Gasteiger partial charge in [-0.05, 0) is 24.8 Å². The van der Waals surface area contributed by atoms with E-state index < -0.39 is 0 Å². The van der Waals surface area contributed by atoms with Crippen LogP contribution in [0.4, 0.5) is 0 Å². The second-order valence-corrected chi connectivity index (χ2v) is 6.55. The lowest BCUT2D eigenvalue weighted by Crippen LogP contribution is -1.93. The molecule has 0 radical (unpaired) electrons. The number of benzene rings is 1. The molecule has 3 aromatic rings. The second-order valence-electron chi connectivity index (χ2n) is 4.08. The van der Waals surface area contributed by atoms with E-state index in [1.165, 1.54) is 0 Å². The standard InChI is InChI=1S/C14H15N3OS2/c1-3-18-12-8-6-5-7-10(12)11-9-17-13(15-11)20-14(16-17)19-4-2/h5-9H,3-4H2,1-2H3. The summed E-state index contributed by atoms with van der Waals surface area (Å²) in [6, 6.07) is 7.97. The number of fused-ring (bicyclic) bond motifs is 1. The summed E-state index contributed by atoms with van der Waals surface area (Å²) in [5.74, 6) is 1.89. The summed E-state index contributed by atoms with van der Waals surface area (Å²) in [6.07, 6.45) is 1.96. The van der Waals surface area contributed by atoms with Crippen molar-refractivity contribution in [1.82, 2.24) is 14.6 Å². The summed E-state index contributed by atoms with van der Waals surface area (Å²) in [6.45, 7) is 4.76. The molecule has 4 nitrogen and oxygen atoms in total. The number of hydrogen-bond donors (Lipinski definition) is 0. The van der Waals surface area contributed by atoms with Gasteiger partial charge in [-0.15, -0.1) is 5.10 Å². The van der Waals surface area contributed by atoms with Crippen molar-refractivity contribution < 1.29 is 4.74 Å². The van der Waals surface area contributed by atoms with Crippen LogP contribution in [0.5, 0.6) is 5.75 Å². The van der Waals surface area contributed by atoms with Gasteiger partial charge in [0.1, 0.15) is 5.75 Å². The first kappa shape index (κ1) is 13.5. The molecule has 0 saturated carbocycles. The molecule has 6 heteroatoms. The number of imidazole rings is 1. The third kappa shape index (κ3) is 2.53. The highest BCUT2D eigenvalue weighted by Gasteiger charge is 2.12. The van der Waals surface area contributed by atoms with Gasteiger partial charge in [0, 0.05) is 5.56 Å². The highest BCUT2D eigenvalue weighted by molar-refractivity contribution is 8.01. The molecule has 0 unspecified atom stereocenters. The van der Waals surface area contributed by atoms with Gasteiger partial charge in [-0.2, -0.15) is 0 Å². The van der Waals surface area contributed by atoms with Crippen molar-refractivity contribution in [1.29, 1.82) is 0 Å². The van der Waals surface area contributed by atoms with Gasteiger partial charge in [0.2, 0.25) is 4.96 Å². The quantitative estimate of drug-likeness (QED) is 0.669. The molecule has 0 spiro atoms. The van der Waals surface area contributed by atoms with E-state index in [0.717, 1.165) is 32.1 Å². The lowest BCUT2D eigenvalue weighted by molar-refractivity contribution is 0.341. The normalized spacial score (nSPS) is 11.1. The van der Waals surface area contributed by atoms with E-state index in [-0.39, 0.29) is 0 Å². The maximum atomic E-state index is 5.66. The molecular weight excluding hydrogens is 290 g/mol. The Balaban J connectivity index is 2.00. The fraction of sp³-hybridized carbons (Fsp3) is 0.286. The summed E-state index contributed by atoms with van der Waals surface area (Å²) in [5, 5.41) is 4.52. The number of para-hydroxylation sites is 1. The van der Waals surface area contributed by atoms with E-state index in [0.29, 0.717) is 6.61 Å². The van der Waals surface area contributed by atoms with Crippen LogP contribution >= 0.6 is 23.1 Å². The Morgan fingerprint density at radius 1 is 1.30 bits per heavy atom. The van der Waals surface area contributed by atoms with Gasteiger partial charge in [0.15, 0.2) is 4.34 Å². The van der Waals surface area contributed by atoms with E-state index in [4.69, 9.17) is 4.74 Å². The van der Waals surface area contributed by atoms with E-state index >= 15 is 0 Å². The van der Waals surface area contributed by atoms with Crippen LogP contribution in [0.15, 0.2) is 34.8 Å². The van der Waals surface area contributed by atoms with Crippen LogP contribution in [0, 0.1) is 0 Å². The first-order valence-electron chi connectivity index (χ1n) is 6.53. The zero-order valence-electron chi connectivity index (χ0n) is 11.4. The second kappa shape index (κ2) is 5.85. The largest absolute Gasteiger partial charge is 0.493 e. The molecule has 0 saturated heterocycles. The Labute approximate surface area is 125 Å². The van der Waals surface area contributed by atoms with Gasteiger partial charge in [0.25, 0.3) is 0 Å². The zero-order valence-corrected chi connectivity index (χ0v) is 13.0. The average molecular weight is 305 g/mol. The molecule has 0 atom stereocenters. The summed E-state index contributed by atoms with van der Waals surface area (Å²) >= 11 is 3.36. The minimum atomic E-state index is 0.648. The molecular formula is C14H15N3OS2. The molecule has 0 aliphatic heterocycles. The van der Waals surface area contributed by atoms with E-state index in [1.54, 1.807) is 23.1 Å². The number of hydrogen-bond acceptors (Lipinski definition) is 5. The summed E-state index contributed by atoms with van der Waals surface area (Å²) in [5.41, 5.74) is 1.91. The average Bonchev–Trinajstić information content (AvgIpc) is 2.98. The lowest BCUT2D eigenvalue weighted by Gasteiger charge is -2.07. The highest BCUT2D eigenvalue weighted by Crippen LogP contribution is 2.31. The van der Waals surface area contributed by atoms with Crippen LogP contribution in [-0.4, -0.2) is 27.0 Å². The Morgan fingerprint density at radius 3 is 2.90 bits per heavy atom. The van der Waals surface area contributed by atoms with Crippen molar-refractivity contribution in [2.24, 2.45) is 0 Å². The van der Waals surface area contributed by atoms with Gasteiger partial charge in [0.05, 0.1) is 18.5 Å². The molecule has 3 rings (SSSR count). The van der Waals surface area contributed by atoms with Crippen LogP contribution in [0.25, 0.3) is 16.2 Å². The fourth-order valence-corrected chi connectivity index (χ4v) is 3.77. The Hall–Kier alpha value is -1.53. The molecule has 0 fully saturated rings. The predicted molar refractivity (Wildman–Crippen MR) is 83.9 cm³/mol. The Bertz CT molecular complexity index is 689. The maximum Gasteiger partial charge on any atom is 0.213 e. The van der Waals surface area contributed by atoms with Gasteiger partial charge in [-0.3, -0.25) is 0 Å². The van der Waals surface area contributed by atoms with Crippen molar-refractivity contribution in [3.63, 3.8) is 0 Å². The molecule has 0 aliphatic rings. The van der Waals surface area contributed by atoms with Crippen LogP contribution in [-0.2, 0) is 0 Å². The van der Waals surface area contributed by atoms with Crippen molar-refractivity contribution in [2.75, 3.05) is 12.4 Å². The Morgan fingerprint density at radius 2 is 2.15 bits per heavy atom. The summed E-state index contributed by atoms with van der Waals surface area (Å²) < 4.78 is 8.56. The highest BCUT2D eigenvalue weighted by atomic mass is 32.2. The number of nitrogens with zero attached hydrogens (tertiary/aromatic N) is 3.